The second-order valence-electron chi connectivity index (χ2n) is 5.29. The van der Waals surface area contributed by atoms with E-state index in [0.717, 1.165) is 18.2 Å². The van der Waals surface area contributed by atoms with Gasteiger partial charge in [-0.1, -0.05) is 6.07 Å². The van der Waals surface area contributed by atoms with Crippen LogP contribution in [0.2, 0.25) is 0 Å². The Morgan fingerprint density at radius 2 is 1.86 bits per heavy atom. The molecule has 0 aliphatic rings. The molecule has 0 saturated carbocycles. The molecule has 2 rings (SSSR count). The van der Waals surface area contributed by atoms with E-state index in [1.807, 2.05) is 5.32 Å². The van der Waals surface area contributed by atoms with Gasteiger partial charge in [-0.05, 0) is 30.3 Å². The Labute approximate surface area is 156 Å². The summed E-state index contributed by atoms with van der Waals surface area (Å²) in [5, 5.41) is 4.27. The third-order valence-electron chi connectivity index (χ3n) is 3.14. The first kappa shape index (κ1) is 20.8. The largest absolute Gasteiger partial charge is 0.482 e. The molecule has 0 fully saturated rings. The topological polar surface area (TPSA) is 107 Å². The summed E-state index contributed by atoms with van der Waals surface area (Å²) in [4.78, 5) is 34.5. The number of amides is 3. The molecular formula is C17H15F3N2O6. The molecule has 0 aliphatic heterocycles. The van der Waals surface area contributed by atoms with Crippen LogP contribution in [0, 0.1) is 0 Å². The van der Waals surface area contributed by atoms with Gasteiger partial charge in [0.1, 0.15) is 11.5 Å². The summed E-state index contributed by atoms with van der Waals surface area (Å²) in [6.45, 7) is -1.42. The highest BCUT2D eigenvalue weighted by molar-refractivity contribution is 5.95. The molecule has 0 spiro atoms. The van der Waals surface area contributed by atoms with Crippen molar-refractivity contribution >= 4 is 17.9 Å². The highest BCUT2D eigenvalue weighted by Crippen LogP contribution is 2.31. The number of urea groups is 1. The van der Waals surface area contributed by atoms with Crippen molar-refractivity contribution in [3.05, 3.63) is 54.0 Å². The third-order valence-corrected chi connectivity index (χ3v) is 3.14. The molecule has 150 valence electrons. The lowest BCUT2D eigenvalue weighted by atomic mass is 10.2. The molecule has 3 amide bonds. The van der Waals surface area contributed by atoms with Crippen LogP contribution in [0.4, 0.5) is 18.0 Å². The Kier molecular flexibility index (Phi) is 7.02. The second-order valence-corrected chi connectivity index (χ2v) is 5.29. The first-order valence-electron chi connectivity index (χ1n) is 7.80. The fraction of sp³-hybridized carbons (Fsp3) is 0.235. The summed E-state index contributed by atoms with van der Waals surface area (Å²) >= 11 is 0. The summed E-state index contributed by atoms with van der Waals surface area (Å²) in [5.74, 6) is -1.61. The Hall–Kier alpha value is -3.50. The van der Waals surface area contributed by atoms with E-state index in [0.29, 0.717) is 5.76 Å². The average molecular weight is 400 g/mol. The van der Waals surface area contributed by atoms with Crippen molar-refractivity contribution in [1.29, 1.82) is 0 Å². The van der Waals surface area contributed by atoms with E-state index in [4.69, 9.17) is 9.15 Å². The van der Waals surface area contributed by atoms with Crippen molar-refractivity contribution in [3.63, 3.8) is 0 Å². The van der Waals surface area contributed by atoms with Crippen molar-refractivity contribution < 1.29 is 41.4 Å². The summed E-state index contributed by atoms with van der Waals surface area (Å²) in [5.41, 5.74) is -0.932. The average Bonchev–Trinajstić information content (AvgIpc) is 3.16. The molecule has 28 heavy (non-hydrogen) atoms. The van der Waals surface area contributed by atoms with Crippen molar-refractivity contribution in [3.8, 4) is 5.75 Å². The van der Waals surface area contributed by atoms with Crippen molar-refractivity contribution in [2.45, 2.75) is 12.7 Å². The van der Waals surface area contributed by atoms with E-state index >= 15 is 0 Å². The molecule has 1 heterocycles. The van der Waals surface area contributed by atoms with Gasteiger partial charge in [-0.25, -0.2) is 9.59 Å². The molecule has 2 N–H and O–H groups in total. The van der Waals surface area contributed by atoms with E-state index in [9.17, 15) is 27.6 Å². The van der Waals surface area contributed by atoms with Crippen LogP contribution in [0.25, 0.3) is 0 Å². The number of carbonyl (C=O) groups is 3. The van der Waals surface area contributed by atoms with E-state index < -0.39 is 42.9 Å². The zero-order valence-corrected chi connectivity index (χ0v) is 14.2. The van der Waals surface area contributed by atoms with Crippen LogP contribution in [0.3, 0.4) is 0 Å². The zero-order chi connectivity index (χ0) is 20.6. The standard InChI is InChI=1S/C17H15F3N2O6/c18-17(19,20)11-3-1-4-12(7-11)27-10-15(24)28-9-14(23)22-16(25)21-8-13-5-2-6-26-13/h1-7H,8-10H2,(H2,21,22,23,25). The van der Waals surface area contributed by atoms with Crippen LogP contribution in [-0.2, 0) is 27.0 Å². The maximum atomic E-state index is 12.6. The number of halogens is 3. The van der Waals surface area contributed by atoms with Gasteiger partial charge in [0.25, 0.3) is 5.91 Å². The van der Waals surface area contributed by atoms with Gasteiger partial charge < -0.3 is 19.2 Å². The molecule has 0 unspecified atom stereocenters. The fourth-order valence-corrected chi connectivity index (χ4v) is 1.88. The molecular weight excluding hydrogens is 385 g/mol. The van der Waals surface area contributed by atoms with Crippen LogP contribution >= 0.6 is 0 Å². The molecule has 11 heteroatoms. The normalized spacial score (nSPS) is 10.8. The van der Waals surface area contributed by atoms with Crippen molar-refractivity contribution in [2.75, 3.05) is 13.2 Å². The van der Waals surface area contributed by atoms with Gasteiger partial charge in [0.15, 0.2) is 13.2 Å². The highest BCUT2D eigenvalue weighted by atomic mass is 19.4. The summed E-state index contributed by atoms with van der Waals surface area (Å²) in [6.07, 6.45) is -3.13. The Morgan fingerprint density at radius 3 is 2.54 bits per heavy atom. The van der Waals surface area contributed by atoms with Crippen LogP contribution < -0.4 is 15.4 Å². The molecule has 2 aromatic rings. The van der Waals surface area contributed by atoms with Gasteiger partial charge in [0.2, 0.25) is 0 Å². The quantitative estimate of drug-likeness (QED) is 0.691. The summed E-state index contributed by atoms with van der Waals surface area (Å²) in [7, 11) is 0. The highest BCUT2D eigenvalue weighted by Gasteiger charge is 2.30. The van der Waals surface area contributed by atoms with Crippen LogP contribution in [0.15, 0.2) is 47.1 Å². The van der Waals surface area contributed by atoms with E-state index in [2.05, 4.69) is 10.1 Å². The van der Waals surface area contributed by atoms with Gasteiger partial charge in [0.05, 0.1) is 18.4 Å². The maximum Gasteiger partial charge on any atom is 0.416 e. The number of imide groups is 1. The third kappa shape index (κ3) is 7.02. The molecule has 1 aromatic carbocycles. The molecule has 0 radical (unpaired) electrons. The molecule has 1 aromatic heterocycles. The Balaban J connectivity index is 1.67. The van der Waals surface area contributed by atoms with E-state index in [-0.39, 0.29) is 12.3 Å². The lowest BCUT2D eigenvalue weighted by Gasteiger charge is -2.10. The van der Waals surface area contributed by atoms with E-state index in [1.165, 1.54) is 12.3 Å². The number of carbonyl (C=O) groups excluding carboxylic acids is 3. The van der Waals surface area contributed by atoms with Crippen LogP contribution in [0.5, 0.6) is 5.75 Å². The number of ether oxygens (including phenoxy) is 2. The molecule has 0 saturated heterocycles. The number of benzene rings is 1. The zero-order valence-electron chi connectivity index (χ0n) is 14.2. The number of furan rings is 1. The molecule has 0 aliphatic carbocycles. The van der Waals surface area contributed by atoms with Crippen molar-refractivity contribution in [1.82, 2.24) is 10.6 Å². The summed E-state index contributed by atoms with van der Waals surface area (Å²) < 4.78 is 52.2. The lowest BCUT2D eigenvalue weighted by molar-refractivity contribution is -0.150. The van der Waals surface area contributed by atoms with E-state index in [1.54, 1.807) is 12.1 Å². The molecule has 8 nitrogen and oxygen atoms in total. The van der Waals surface area contributed by atoms with Crippen LogP contribution in [-0.4, -0.2) is 31.1 Å². The maximum absolute atomic E-state index is 12.6. The number of hydrogen-bond donors (Lipinski definition) is 2. The molecule has 0 atom stereocenters. The lowest BCUT2D eigenvalue weighted by Crippen LogP contribution is -2.41. The van der Waals surface area contributed by atoms with Gasteiger partial charge in [-0.2, -0.15) is 13.2 Å². The number of hydrogen-bond acceptors (Lipinski definition) is 6. The summed E-state index contributed by atoms with van der Waals surface area (Å²) in [6, 6.07) is 6.36. The predicted octanol–water partition coefficient (Wildman–Crippen LogP) is 2.25. The molecule has 0 bridgehead atoms. The number of rotatable bonds is 7. The number of esters is 1. The monoisotopic (exact) mass is 400 g/mol. The minimum atomic E-state index is -4.55. The first-order valence-corrected chi connectivity index (χ1v) is 7.80. The van der Waals surface area contributed by atoms with Gasteiger partial charge >= 0.3 is 18.2 Å². The van der Waals surface area contributed by atoms with Gasteiger partial charge in [-0.15, -0.1) is 0 Å². The second kappa shape index (κ2) is 9.44. The number of alkyl halides is 3. The SMILES string of the molecule is O=C(COC(=O)COc1cccc(C(F)(F)F)c1)NC(=O)NCc1ccco1. The fourth-order valence-electron chi connectivity index (χ4n) is 1.88. The van der Waals surface area contributed by atoms with Gasteiger partial charge in [0, 0.05) is 0 Å². The van der Waals surface area contributed by atoms with Crippen LogP contribution in [0.1, 0.15) is 11.3 Å². The minimum absolute atomic E-state index is 0.0523. The predicted molar refractivity (Wildman–Crippen MR) is 87.0 cm³/mol. The first-order chi connectivity index (χ1) is 13.2. The smallest absolute Gasteiger partial charge is 0.416 e. The Bertz CT molecular complexity index is 821. The number of nitrogens with one attached hydrogen (secondary N) is 2. The minimum Gasteiger partial charge on any atom is -0.482 e. The van der Waals surface area contributed by atoms with Gasteiger partial charge in [-0.3, -0.25) is 10.1 Å². The van der Waals surface area contributed by atoms with Crippen molar-refractivity contribution in [2.24, 2.45) is 0 Å². The Morgan fingerprint density at radius 1 is 1.07 bits per heavy atom.